The van der Waals surface area contributed by atoms with Crippen molar-refractivity contribution < 1.29 is 0 Å². The SMILES string of the molecule is CC1(C)c2cc(-c3ccc(N(c4ccccc4)c4cccc5ccccc45)cc3)ccc2-c2ccc(-c3ccc4c(c3)c3c(n4-c4ccccc4)CCC=C3)cc21. The summed E-state index contributed by atoms with van der Waals surface area (Å²) in [4.78, 5) is 2.37. The average Bonchev–Trinajstić information content (AvgIpc) is 3.72. The first kappa shape index (κ1) is 33.4. The van der Waals surface area contributed by atoms with E-state index in [1.54, 1.807) is 0 Å². The van der Waals surface area contributed by atoms with Crippen LogP contribution in [0.5, 0.6) is 0 Å². The van der Waals surface area contributed by atoms with Gasteiger partial charge in [-0.2, -0.15) is 0 Å². The van der Waals surface area contributed by atoms with Crippen LogP contribution in [0.1, 0.15) is 42.7 Å². The summed E-state index contributed by atoms with van der Waals surface area (Å²) in [5.74, 6) is 0. The van der Waals surface area contributed by atoms with Crippen molar-refractivity contribution in [1.29, 1.82) is 0 Å². The van der Waals surface area contributed by atoms with Gasteiger partial charge in [-0.05, 0) is 129 Å². The predicted molar refractivity (Wildman–Crippen MR) is 241 cm³/mol. The number of rotatable bonds is 6. The van der Waals surface area contributed by atoms with Crippen LogP contribution in [0.4, 0.5) is 17.1 Å². The van der Waals surface area contributed by atoms with Crippen molar-refractivity contribution in [1.82, 2.24) is 4.57 Å². The number of benzene rings is 8. The molecule has 0 aliphatic heterocycles. The summed E-state index contributed by atoms with van der Waals surface area (Å²) >= 11 is 0. The first-order chi connectivity index (χ1) is 28.0. The highest BCUT2D eigenvalue weighted by molar-refractivity contribution is 5.99. The van der Waals surface area contributed by atoms with Crippen LogP contribution in [0.3, 0.4) is 0 Å². The molecule has 0 unspecified atom stereocenters. The molecule has 272 valence electrons. The van der Waals surface area contributed by atoms with Crippen LogP contribution >= 0.6 is 0 Å². The maximum atomic E-state index is 2.47. The molecular formula is C55H42N2. The maximum Gasteiger partial charge on any atom is 0.0540 e. The Morgan fingerprint density at radius 2 is 1.11 bits per heavy atom. The second kappa shape index (κ2) is 13.1. The molecule has 2 heteroatoms. The third kappa shape index (κ3) is 5.39. The predicted octanol–water partition coefficient (Wildman–Crippen LogP) is 14.9. The van der Waals surface area contributed by atoms with Crippen molar-refractivity contribution in [3.8, 4) is 39.1 Å². The Morgan fingerprint density at radius 1 is 0.509 bits per heavy atom. The van der Waals surface area contributed by atoms with Crippen LogP contribution in [0.2, 0.25) is 0 Å². The van der Waals surface area contributed by atoms with Crippen molar-refractivity contribution in [2.75, 3.05) is 4.90 Å². The van der Waals surface area contributed by atoms with Crippen molar-refractivity contribution in [2.45, 2.75) is 32.1 Å². The van der Waals surface area contributed by atoms with E-state index in [0.717, 1.165) is 24.2 Å². The van der Waals surface area contributed by atoms with Gasteiger partial charge in [-0.25, -0.2) is 0 Å². The first-order valence-electron chi connectivity index (χ1n) is 20.2. The zero-order chi connectivity index (χ0) is 38.1. The van der Waals surface area contributed by atoms with Crippen LogP contribution in [0.15, 0.2) is 188 Å². The normalized spacial score (nSPS) is 13.7. The van der Waals surface area contributed by atoms with Gasteiger partial charge < -0.3 is 9.47 Å². The summed E-state index contributed by atoms with van der Waals surface area (Å²) in [5.41, 5.74) is 19.0. The van der Waals surface area contributed by atoms with Gasteiger partial charge in [0.2, 0.25) is 0 Å². The standard InChI is InChI=1S/C55H42N2/c1-55(2)50-35-40(37-24-29-44(30-25-37)56(42-16-5-3-6-17-42)52-23-13-15-38-14-9-10-20-45(38)52)26-31-46(50)47-32-27-41(36-51(47)55)39-28-33-54-49(34-39)48-21-11-12-22-53(48)57(54)43-18-7-4-8-19-43/h3-11,13-21,23-36H,12,22H2,1-2H3. The number of hydrogen-bond acceptors (Lipinski definition) is 1. The van der Waals surface area contributed by atoms with E-state index >= 15 is 0 Å². The fourth-order valence-corrected chi connectivity index (χ4v) is 9.58. The molecule has 0 spiro atoms. The number of aromatic nitrogens is 1. The second-order valence-electron chi connectivity index (χ2n) is 16.1. The van der Waals surface area contributed by atoms with Gasteiger partial charge in [0.25, 0.3) is 0 Å². The summed E-state index contributed by atoms with van der Waals surface area (Å²) in [6.07, 6.45) is 6.80. The van der Waals surface area contributed by atoms with Crippen molar-refractivity contribution in [2.24, 2.45) is 0 Å². The molecule has 1 aromatic heterocycles. The number of hydrogen-bond donors (Lipinski definition) is 0. The summed E-state index contributed by atoms with van der Waals surface area (Å²) in [6, 6.07) is 67.0. The highest BCUT2D eigenvalue weighted by Crippen LogP contribution is 2.51. The molecule has 2 nitrogen and oxygen atoms in total. The zero-order valence-corrected chi connectivity index (χ0v) is 32.3. The molecule has 2 aliphatic rings. The number of allylic oxidation sites excluding steroid dienone is 1. The summed E-state index contributed by atoms with van der Waals surface area (Å²) in [7, 11) is 0. The molecule has 0 saturated heterocycles. The summed E-state index contributed by atoms with van der Waals surface area (Å²) in [5, 5.41) is 3.79. The Labute approximate surface area is 334 Å². The van der Waals surface area contributed by atoms with Gasteiger partial charge in [0.05, 0.1) is 11.2 Å². The van der Waals surface area contributed by atoms with E-state index < -0.39 is 0 Å². The van der Waals surface area contributed by atoms with E-state index in [1.165, 1.54) is 88.8 Å². The van der Waals surface area contributed by atoms with E-state index in [4.69, 9.17) is 0 Å². The largest absolute Gasteiger partial charge is 0.313 e. The summed E-state index contributed by atoms with van der Waals surface area (Å²) < 4.78 is 2.47. The molecule has 0 bridgehead atoms. The first-order valence-corrected chi connectivity index (χ1v) is 20.2. The number of anilines is 3. The maximum absolute atomic E-state index is 2.47. The molecule has 9 aromatic rings. The van der Waals surface area contributed by atoms with Gasteiger partial charge in [-0.15, -0.1) is 0 Å². The molecule has 8 aromatic carbocycles. The summed E-state index contributed by atoms with van der Waals surface area (Å²) in [6.45, 7) is 4.78. The fourth-order valence-electron chi connectivity index (χ4n) is 9.58. The minimum atomic E-state index is -0.141. The van der Waals surface area contributed by atoms with Gasteiger partial charge >= 0.3 is 0 Å². The minimum Gasteiger partial charge on any atom is -0.313 e. The lowest BCUT2D eigenvalue weighted by Crippen LogP contribution is -2.15. The minimum absolute atomic E-state index is 0.141. The Balaban J connectivity index is 0.937. The monoisotopic (exact) mass is 730 g/mol. The highest BCUT2D eigenvalue weighted by atomic mass is 15.1. The molecule has 11 rings (SSSR count). The second-order valence-corrected chi connectivity index (χ2v) is 16.1. The molecule has 0 N–H and O–H groups in total. The Hall–Kier alpha value is -6.90. The molecular weight excluding hydrogens is 689 g/mol. The van der Waals surface area contributed by atoms with Crippen LogP contribution in [0, 0.1) is 0 Å². The highest BCUT2D eigenvalue weighted by Gasteiger charge is 2.36. The van der Waals surface area contributed by atoms with Crippen LogP contribution < -0.4 is 4.90 Å². The lowest BCUT2D eigenvalue weighted by Gasteiger charge is -2.27. The fraction of sp³-hybridized carbons (Fsp3) is 0.0909. The topological polar surface area (TPSA) is 8.17 Å². The third-order valence-electron chi connectivity index (χ3n) is 12.4. The molecule has 57 heavy (non-hydrogen) atoms. The van der Waals surface area contributed by atoms with E-state index in [-0.39, 0.29) is 5.41 Å². The third-order valence-corrected chi connectivity index (χ3v) is 12.4. The smallest absolute Gasteiger partial charge is 0.0540 e. The van der Waals surface area contributed by atoms with Gasteiger partial charge in [0.1, 0.15) is 0 Å². The van der Waals surface area contributed by atoms with E-state index in [0.29, 0.717) is 0 Å². The van der Waals surface area contributed by atoms with E-state index in [2.05, 4.69) is 217 Å². The Bertz CT molecular complexity index is 3010. The molecule has 0 fully saturated rings. The molecule has 0 atom stereocenters. The lowest BCUT2D eigenvalue weighted by molar-refractivity contribution is 0.661. The van der Waals surface area contributed by atoms with Crippen molar-refractivity contribution in [3.05, 3.63) is 210 Å². The van der Waals surface area contributed by atoms with E-state index in [9.17, 15) is 0 Å². The lowest BCUT2D eigenvalue weighted by atomic mass is 9.81. The average molecular weight is 731 g/mol. The molecule has 0 saturated carbocycles. The molecule has 1 heterocycles. The van der Waals surface area contributed by atoms with Crippen LogP contribution in [-0.2, 0) is 11.8 Å². The molecule has 0 radical (unpaired) electrons. The number of nitrogens with zero attached hydrogens (tertiary/aromatic N) is 2. The van der Waals surface area contributed by atoms with Gasteiger partial charge in [0.15, 0.2) is 0 Å². The van der Waals surface area contributed by atoms with Crippen molar-refractivity contribution >= 4 is 44.8 Å². The Kier molecular flexibility index (Phi) is 7.69. The molecule has 2 aliphatic carbocycles. The number of fused-ring (bicyclic) bond motifs is 7. The Morgan fingerprint density at radius 3 is 1.86 bits per heavy atom. The number of para-hydroxylation sites is 2. The van der Waals surface area contributed by atoms with Crippen molar-refractivity contribution in [3.63, 3.8) is 0 Å². The van der Waals surface area contributed by atoms with Crippen LogP contribution in [0.25, 0.3) is 66.8 Å². The van der Waals surface area contributed by atoms with E-state index in [1.807, 2.05) is 0 Å². The van der Waals surface area contributed by atoms with Gasteiger partial charge in [0, 0.05) is 44.5 Å². The van der Waals surface area contributed by atoms with Gasteiger partial charge in [-0.1, -0.05) is 141 Å². The molecule has 0 amide bonds. The quantitative estimate of drug-likeness (QED) is 0.165. The van der Waals surface area contributed by atoms with Crippen LogP contribution in [-0.4, -0.2) is 4.57 Å². The zero-order valence-electron chi connectivity index (χ0n) is 32.3. The van der Waals surface area contributed by atoms with Gasteiger partial charge in [-0.3, -0.25) is 0 Å².